The number of benzene rings is 1. The predicted octanol–water partition coefficient (Wildman–Crippen LogP) is 4.21. The summed E-state index contributed by atoms with van der Waals surface area (Å²) in [5.74, 6) is 0. The second-order valence-electron chi connectivity index (χ2n) is 6.89. The molecule has 1 aromatic carbocycles. The lowest BCUT2D eigenvalue weighted by atomic mass is 10.1. The van der Waals surface area contributed by atoms with Crippen LogP contribution < -0.4 is 10.2 Å². The van der Waals surface area contributed by atoms with Crippen LogP contribution >= 0.6 is 0 Å². The number of para-hydroxylation sites is 1. The van der Waals surface area contributed by atoms with E-state index in [4.69, 9.17) is 4.74 Å². The average molecular weight is 316 g/mol. The molecule has 0 spiro atoms. The molecule has 2 rings (SSSR count). The third-order valence-electron chi connectivity index (χ3n) is 3.69. The van der Waals surface area contributed by atoms with Crippen LogP contribution in [0, 0.1) is 0 Å². The molecule has 0 radical (unpaired) electrons. The summed E-state index contributed by atoms with van der Waals surface area (Å²) in [5, 5.41) is 2.75. The molecule has 1 fully saturated rings. The molecule has 0 atom stereocenters. The Balaban J connectivity index is 1.91. The number of nitrogens with one attached hydrogen (secondary N) is 1. The molecule has 23 heavy (non-hydrogen) atoms. The summed E-state index contributed by atoms with van der Waals surface area (Å²) >= 11 is 0. The zero-order valence-corrected chi connectivity index (χ0v) is 14.5. The minimum absolute atomic E-state index is 0.383. The molecule has 0 aliphatic carbocycles. The standard InChI is InChI=1S/C19H28N2O2/c1-19(2,3)23-18(22)20-13-9-11-16-10-5-6-12-17(16)21-14-7-4-8-15-21/h5-6,9-12H,4,7-8,13-15H2,1-3H3,(H,20,22). The number of hydrogen-bond acceptors (Lipinski definition) is 3. The van der Waals surface area contributed by atoms with Crippen LogP contribution in [0.5, 0.6) is 0 Å². The van der Waals surface area contributed by atoms with Crippen molar-refractivity contribution in [1.82, 2.24) is 5.32 Å². The first kappa shape index (κ1) is 17.4. The van der Waals surface area contributed by atoms with Crippen LogP contribution in [0.15, 0.2) is 30.3 Å². The number of carbonyl (C=O) groups is 1. The van der Waals surface area contributed by atoms with Gasteiger partial charge in [0.25, 0.3) is 0 Å². The SMILES string of the molecule is CC(C)(C)OC(=O)NCC=Cc1ccccc1N1CCCCC1. The van der Waals surface area contributed by atoms with E-state index in [0.717, 1.165) is 13.1 Å². The summed E-state index contributed by atoms with van der Waals surface area (Å²) in [7, 11) is 0. The number of alkyl carbamates (subject to hydrolysis) is 1. The maximum Gasteiger partial charge on any atom is 0.407 e. The molecule has 1 aliphatic rings. The van der Waals surface area contributed by atoms with Gasteiger partial charge in [0, 0.05) is 25.3 Å². The molecular weight excluding hydrogens is 288 g/mol. The molecule has 0 saturated carbocycles. The lowest BCUT2D eigenvalue weighted by Gasteiger charge is -2.30. The number of carbonyl (C=O) groups excluding carboxylic acids is 1. The van der Waals surface area contributed by atoms with Gasteiger partial charge in [0.1, 0.15) is 5.60 Å². The summed E-state index contributed by atoms with van der Waals surface area (Å²) in [6, 6.07) is 8.43. The smallest absolute Gasteiger partial charge is 0.407 e. The number of hydrogen-bond donors (Lipinski definition) is 1. The van der Waals surface area contributed by atoms with Crippen LogP contribution in [0.2, 0.25) is 0 Å². The van der Waals surface area contributed by atoms with Gasteiger partial charge in [0.15, 0.2) is 0 Å². The Morgan fingerprint density at radius 1 is 1.22 bits per heavy atom. The maximum atomic E-state index is 11.6. The van der Waals surface area contributed by atoms with Gasteiger partial charge in [0.05, 0.1) is 0 Å². The number of amides is 1. The molecule has 1 saturated heterocycles. The number of piperidine rings is 1. The van der Waals surface area contributed by atoms with Crippen LogP contribution in [0.1, 0.15) is 45.6 Å². The summed E-state index contributed by atoms with van der Waals surface area (Å²) in [6.45, 7) is 8.29. The van der Waals surface area contributed by atoms with Gasteiger partial charge in [-0.25, -0.2) is 4.79 Å². The minimum atomic E-state index is -0.464. The number of anilines is 1. The third kappa shape index (κ3) is 5.97. The highest BCUT2D eigenvalue weighted by atomic mass is 16.6. The van der Waals surface area contributed by atoms with Gasteiger partial charge in [0.2, 0.25) is 0 Å². The van der Waals surface area contributed by atoms with Gasteiger partial charge in [-0.1, -0.05) is 30.4 Å². The molecule has 1 aromatic rings. The Morgan fingerprint density at radius 3 is 2.61 bits per heavy atom. The predicted molar refractivity (Wildman–Crippen MR) is 95.8 cm³/mol. The van der Waals surface area contributed by atoms with Crippen LogP contribution in [0.3, 0.4) is 0 Å². The van der Waals surface area contributed by atoms with E-state index < -0.39 is 5.60 Å². The van der Waals surface area contributed by atoms with Crippen molar-refractivity contribution in [2.45, 2.75) is 45.6 Å². The lowest BCUT2D eigenvalue weighted by Crippen LogP contribution is -2.32. The number of nitrogens with zero attached hydrogens (tertiary/aromatic N) is 1. The Kier molecular flexibility index (Phi) is 6.08. The van der Waals surface area contributed by atoms with Crippen molar-refractivity contribution in [3.63, 3.8) is 0 Å². The Hall–Kier alpha value is -1.97. The van der Waals surface area contributed by atoms with Crippen molar-refractivity contribution in [2.75, 3.05) is 24.5 Å². The fraction of sp³-hybridized carbons (Fsp3) is 0.526. The first-order valence-electron chi connectivity index (χ1n) is 8.43. The zero-order valence-electron chi connectivity index (χ0n) is 14.5. The molecule has 1 amide bonds. The van der Waals surface area contributed by atoms with E-state index >= 15 is 0 Å². The molecule has 0 bridgehead atoms. The van der Waals surface area contributed by atoms with Crippen LogP contribution in [-0.4, -0.2) is 31.3 Å². The summed E-state index contributed by atoms with van der Waals surface area (Å²) in [5.41, 5.74) is 2.01. The van der Waals surface area contributed by atoms with Crippen LogP contribution in [0.25, 0.3) is 6.08 Å². The van der Waals surface area contributed by atoms with Gasteiger partial charge in [-0.3, -0.25) is 0 Å². The third-order valence-corrected chi connectivity index (χ3v) is 3.69. The van der Waals surface area contributed by atoms with Gasteiger partial charge in [-0.2, -0.15) is 0 Å². The molecular formula is C19H28N2O2. The van der Waals surface area contributed by atoms with Crippen LogP contribution in [-0.2, 0) is 4.74 Å². The van der Waals surface area contributed by atoms with Crippen molar-refractivity contribution >= 4 is 17.9 Å². The Morgan fingerprint density at radius 2 is 1.91 bits per heavy atom. The summed E-state index contributed by atoms with van der Waals surface area (Å²) < 4.78 is 5.22. The van der Waals surface area contributed by atoms with E-state index in [-0.39, 0.29) is 6.09 Å². The molecule has 1 aliphatic heterocycles. The molecule has 0 unspecified atom stereocenters. The quantitative estimate of drug-likeness (QED) is 0.904. The minimum Gasteiger partial charge on any atom is -0.444 e. The van der Waals surface area contributed by atoms with Crippen molar-refractivity contribution in [2.24, 2.45) is 0 Å². The lowest BCUT2D eigenvalue weighted by molar-refractivity contribution is 0.0534. The largest absolute Gasteiger partial charge is 0.444 e. The average Bonchev–Trinajstić information content (AvgIpc) is 2.51. The molecule has 4 nitrogen and oxygen atoms in total. The van der Waals surface area contributed by atoms with Crippen molar-refractivity contribution in [3.8, 4) is 0 Å². The van der Waals surface area contributed by atoms with Gasteiger partial charge < -0.3 is 15.0 Å². The fourth-order valence-electron chi connectivity index (χ4n) is 2.69. The monoisotopic (exact) mass is 316 g/mol. The van der Waals surface area contributed by atoms with E-state index in [2.05, 4.69) is 40.6 Å². The molecule has 1 heterocycles. The molecule has 126 valence electrons. The van der Waals surface area contributed by atoms with Crippen molar-refractivity contribution in [1.29, 1.82) is 0 Å². The summed E-state index contributed by atoms with van der Waals surface area (Å²) in [6.07, 6.45) is 7.50. The normalized spacial score (nSPS) is 15.7. The highest BCUT2D eigenvalue weighted by Crippen LogP contribution is 2.24. The molecule has 4 heteroatoms. The molecule has 0 aromatic heterocycles. The van der Waals surface area contributed by atoms with E-state index in [9.17, 15) is 4.79 Å². The van der Waals surface area contributed by atoms with Crippen molar-refractivity contribution < 1.29 is 9.53 Å². The first-order valence-corrected chi connectivity index (χ1v) is 8.43. The van der Waals surface area contributed by atoms with E-state index in [1.807, 2.05) is 26.8 Å². The second-order valence-corrected chi connectivity index (χ2v) is 6.89. The Bertz CT molecular complexity index is 541. The van der Waals surface area contributed by atoms with Crippen LogP contribution in [0.4, 0.5) is 10.5 Å². The van der Waals surface area contributed by atoms with Crippen molar-refractivity contribution in [3.05, 3.63) is 35.9 Å². The highest BCUT2D eigenvalue weighted by molar-refractivity contribution is 5.70. The van der Waals surface area contributed by atoms with E-state index in [1.54, 1.807) is 0 Å². The van der Waals surface area contributed by atoms with E-state index in [1.165, 1.54) is 30.5 Å². The second kappa shape index (κ2) is 8.04. The maximum absolute atomic E-state index is 11.6. The summed E-state index contributed by atoms with van der Waals surface area (Å²) in [4.78, 5) is 14.1. The zero-order chi connectivity index (χ0) is 16.7. The number of rotatable bonds is 4. The number of ether oxygens (including phenoxy) is 1. The van der Waals surface area contributed by atoms with Gasteiger partial charge >= 0.3 is 6.09 Å². The topological polar surface area (TPSA) is 41.6 Å². The Labute approximate surface area is 139 Å². The van der Waals surface area contributed by atoms with Gasteiger partial charge in [-0.15, -0.1) is 0 Å². The van der Waals surface area contributed by atoms with Gasteiger partial charge in [-0.05, 0) is 51.7 Å². The first-order chi connectivity index (χ1) is 11.0. The van der Waals surface area contributed by atoms with E-state index in [0.29, 0.717) is 6.54 Å². The highest BCUT2D eigenvalue weighted by Gasteiger charge is 2.15. The fourth-order valence-corrected chi connectivity index (χ4v) is 2.69. The molecule has 1 N–H and O–H groups in total.